The summed E-state index contributed by atoms with van der Waals surface area (Å²) in [5.74, 6) is -1.20. The summed E-state index contributed by atoms with van der Waals surface area (Å²) in [6, 6.07) is -2.45. The summed E-state index contributed by atoms with van der Waals surface area (Å²) in [6.45, 7) is 17.4. The zero-order valence-corrected chi connectivity index (χ0v) is 21.4. The first-order chi connectivity index (χ1) is 15.1. The van der Waals surface area contributed by atoms with E-state index in [2.05, 4.69) is 11.9 Å². The largest absolute Gasteiger partial charge is 0.458 e. The summed E-state index contributed by atoms with van der Waals surface area (Å²) in [5, 5.41) is 13.8. The molecule has 188 valence electrons. The zero-order valence-electron chi connectivity index (χ0n) is 21.4. The summed E-state index contributed by atoms with van der Waals surface area (Å²) in [6.07, 6.45) is 4.90. The Kier molecular flexibility index (Phi) is 10.2. The van der Waals surface area contributed by atoms with Gasteiger partial charge in [-0.25, -0.2) is 9.59 Å². The van der Waals surface area contributed by atoms with Gasteiger partial charge in [0, 0.05) is 12.8 Å². The van der Waals surface area contributed by atoms with Crippen LogP contribution in [0, 0.1) is 5.92 Å². The Bertz CT molecular complexity index is 734. The lowest BCUT2D eigenvalue weighted by atomic mass is 9.88. The van der Waals surface area contributed by atoms with Gasteiger partial charge in [-0.2, -0.15) is 0 Å². The fourth-order valence-corrected chi connectivity index (χ4v) is 4.06. The van der Waals surface area contributed by atoms with Gasteiger partial charge in [0.15, 0.2) is 0 Å². The monoisotopic (exact) mass is 466 g/mol. The molecular formula is C25H42N2O6. The van der Waals surface area contributed by atoms with Gasteiger partial charge in [0.2, 0.25) is 5.91 Å². The van der Waals surface area contributed by atoms with Gasteiger partial charge >= 0.3 is 12.1 Å². The first kappa shape index (κ1) is 28.7. The van der Waals surface area contributed by atoms with Crippen LogP contribution in [0.25, 0.3) is 0 Å². The number of aliphatic hydroxyl groups is 1. The molecule has 1 rings (SSSR count). The molecule has 8 heteroatoms. The Hall–Kier alpha value is -2.35. The van der Waals surface area contributed by atoms with Crippen LogP contribution in [0.1, 0.15) is 74.7 Å². The van der Waals surface area contributed by atoms with Crippen molar-refractivity contribution in [1.82, 2.24) is 10.2 Å². The molecule has 5 atom stereocenters. The maximum absolute atomic E-state index is 13.4. The molecule has 0 aromatic carbocycles. The van der Waals surface area contributed by atoms with Crippen LogP contribution in [0.3, 0.4) is 0 Å². The zero-order chi connectivity index (χ0) is 25.6. The highest BCUT2D eigenvalue weighted by molar-refractivity contribution is 5.83. The standard InChI is InChI=1S/C25H42N2O6/c1-10-12-14-19(29)20(26-16(3)28)21-17(13-11-2)15-18(22(30)32-24(4,5)6)27(21)23(31)33-25(7,8)9/h10-11,13,17-21,29H,1,12,14-15H2,2-9H3,(H,26,28)/b13-11-/t17-,18-,19+,20+,21-/m1/s1. The molecule has 2 N–H and O–H groups in total. The highest BCUT2D eigenvalue weighted by Crippen LogP contribution is 2.37. The van der Waals surface area contributed by atoms with E-state index in [-0.39, 0.29) is 18.2 Å². The second-order valence-electron chi connectivity index (χ2n) is 10.5. The maximum Gasteiger partial charge on any atom is 0.411 e. The van der Waals surface area contributed by atoms with Crippen LogP contribution in [0.2, 0.25) is 0 Å². The average molecular weight is 467 g/mol. The second-order valence-corrected chi connectivity index (χ2v) is 10.5. The summed E-state index contributed by atoms with van der Waals surface area (Å²) in [4.78, 5) is 40.0. The number of allylic oxidation sites excluding steroid dienone is 2. The van der Waals surface area contributed by atoms with Gasteiger partial charge in [0.05, 0.1) is 18.2 Å². The highest BCUT2D eigenvalue weighted by Gasteiger charge is 2.53. The predicted molar refractivity (Wildman–Crippen MR) is 127 cm³/mol. The third-order valence-corrected chi connectivity index (χ3v) is 5.13. The number of hydrogen-bond acceptors (Lipinski definition) is 6. The number of nitrogens with one attached hydrogen (secondary N) is 1. The van der Waals surface area contributed by atoms with Crippen LogP contribution in [0.15, 0.2) is 24.8 Å². The predicted octanol–water partition coefficient (Wildman–Crippen LogP) is 3.73. The fourth-order valence-electron chi connectivity index (χ4n) is 4.06. The molecule has 0 aromatic heterocycles. The van der Waals surface area contributed by atoms with E-state index in [0.29, 0.717) is 12.8 Å². The minimum Gasteiger partial charge on any atom is -0.458 e. The van der Waals surface area contributed by atoms with Crippen LogP contribution in [-0.2, 0) is 19.1 Å². The molecule has 1 saturated heterocycles. The number of carbonyl (C=O) groups is 3. The molecule has 1 heterocycles. The molecule has 0 unspecified atom stereocenters. The molecule has 33 heavy (non-hydrogen) atoms. The van der Waals surface area contributed by atoms with E-state index in [0.717, 1.165) is 0 Å². The Morgan fingerprint density at radius 2 is 1.73 bits per heavy atom. The molecule has 0 radical (unpaired) electrons. The van der Waals surface area contributed by atoms with Crippen molar-refractivity contribution in [2.45, 2.75) is 110 Å². The van der Waals surface area contributed by atoms with Gasteiger partial charge in [-0.05, 0) is 67.7 Å². The number of carbonyl (C=O) groups excluding carboxylic acids is 3. The summed E-state index contributed by atoms with van der Waals surface area (Å²) >= 11 is 0. The van der Waals surface area contributed by atoms with Crippen molar-refractivity contribution in [3.63, 3.8) is 0 Å². The second kappa shape index (κ2) is 11.7. The number of amides is 2. The van der Waals surface area contributed by atoms with Crippen molar-refractivity contribution >= 4 is 18.0 Å². The summed E-state index contributed by atoms with van der Waals surface area (Å²) in [7, 11) is 0. The number of ether oxygens (including phenoxy) is 2. The van der Waals surface area contributed by atoms with Gasteiger partial charge in [-0.15, -0.1) is 6.58 Å². The third kappa shape index (κ3) is 8.84. The van der Waals surface area contributed by atoms with Crippen molar-refractivity contribution in [2.24, 2.45) is 5.92 Å². The third-order valence-electron chi connectivity index (χ3n) is 5.13. The Morgan fingerprint density at radius 1 is 1.15 bits per heavy atom. The lowest BCUT2D eigenvalue weighted by molar-refractivity contribution is -0.160. The molecule has 0 aromatic rings. The quantitative estimate of drug-likeness (QED) is 0.417. The number of esters is 1. The van der Waals surface area contributed by atoms with Crippen molar-refractivity contribution in [1.29, 1.82) is 0 Å². The van der Waals surface area contributed by atoms with Crippen LogP contribution >= 0.6 is 0 Å². The number of rotatable bonds is 8. The molecule has 0 bridgehead atoms. The summed E-state index contributed by atoms with van der Waals surface area (Å²) in [5.41, 5.74) is -1.55. The first-order valence-corrected chi connectivity index (χ1v) is 11.5. The van der Waals surface area contributed by atoms with Crippen LogP contribution in [-0.4, -0.2) is 63.4 Å². The molecule has 1 aliphatic heterocycles. The fraction of sp³-hybridized carbons (Fsp3) is 0.720. The lowest BCUT2D eigenvalue weighted by Crippen LogP contribution is -2.60. The maximum atomic E-state index is 13.4. The first-order valence-electron chi connectivity index (χ1n) is 11.5. The highest BCUT2D eigenvalue weighted by atomic mass is 16.6. The van der Waals surface area contributed by atoms with Crippen molar-refractivity contribution in [3.05, 3.63) is 24.8 Å². The molecule has 8 nitrogen and oxygen atoms in total. The minimum atomic E-state index is -0.966. The van der Waals surface area contributed by atoms with Gasteiger partial charge in [0.1, 0.15) is 17.2 Å². The van der Waals surface area contributed by atoms with E-state index in [9.17, 15) is 19.5 Å². The van der Waals surface area contributed by atoms with E-state index in [1.165, 1.54) is 11.8 Å². The topological polar surface area (TPSA) is 105 Å². The lowest BCUT2D eigenvalue weighted by Gasteiger charge is -2.39. The summed E-state index contributed by atoms with van der Waals surface area (Å²) < 4.78 is 11.3. The smallest absolute Gasteiger partial charge is 0.411 e. The van der Waals surface area contributed by atoms with E-state index < -0.39 is 47.5 Å². The van der Waals surface area contributed by atoms with E-state index in [1.54, 1.807) is 47.6 Å². The van der Waals surface area contributed by atoms with Gasteiger partial charge in [-0.3, -0.25) is 9.69 Å². The van der Waals surface area contributed by atoms with Crippen LogP contribution < -0.4 is 5.32 Å². The van der Waals surface area contributed by atoms with Crippen molar-refractivity contribution in [2.75, 3.05) is 0 Å². The number of nitrogens with zero attached hydrogens (tertiary/aromatic N) is 1. The molecule has 0 spiro atoms. The Morgan fingerprint density at radius 3 is 2.18 bits per heavy atom. The molecular weight excluding hydrogens is 424 g/mol. The van der Waals surface area contributed by atoms with Crippen molar-refractivity contribution < 1.29 is 29.0 Å². The van der Waals surface area contributed by atoms with E-state index in [4.69, 9.17) is 9.47 Å². The van der Waals surface area contributed by atoms with Crippen LogP contribution in [0.5, 0.6) is 0 Å². The Labute approximate surface area is 198 Å². The van der Waals surface area contributed by atoms with E-state index in [1.807, 2.05) is 19.1 Å². The SMILES string of the molecule is C=CCC[C@H](O)[C@H](NC(C)=O)[C@H]1[C@H](/C=C\C)C[C@H](C(=O)OC(C)(C)C)N1C(=O)OC(C)(C)C. The van der Waals surface area contributed by atoms with E-state index >= 15 is 0 Å². The van der Waals surface area contributed by atoms with Gasteiger partial charge in [0.25, 0.3) is 0 Å². The molecule has 1 aliphatic rings. The van der Waals surface area contributed by atoms with Gasteiger partial charge < -0.3 is 19.9 Å². The molecule has 1 fully saturated rings. The molecule has 0 aliphatic carbocycles. The Balaban J connectivity index is 3.56. The number of hydrogen-bond donors (Lipinski definition) is 2. The minimum absolute atomic E-state index is 0.285. The van der Waals surface area contributed by atoms with Crippen molar-refractivity contribution in [3.8, 4) is 0 Å². The normalized spacial score (nSPS) is 23.2. The van der Waals surface area contributed by atoms with Gasteiger partial charge in [-0.1, -0.05) is 18.2 Å². The average Bonchev–Trinajstić information content (AvgIpc) is 3.01. The molecule has 2 amide bonds. The number of aliphatic hydroxyl groups excluding tert-OH is 1. The number of likely N-dealkylation sites (tertiary alicyclic amines) is 1. The molecule has 0 saturated carbocycles. The van der Waals surface area contributed by atoms with Crippen LogP contribution in [0.4, 0.5) is 4.79 Å².